The molecule has 0 aromatic heterocycles. The topological polar surface area (TPSA) is 237 Å². The number of carbonyl (C=O) groups excluding carboxylic acids is 4. The molecule has 0 heterocycles. The number of aliphatic hydroxyl groups is 1. The van der Waals surface area contributed by atoms with E-state index in [2.05, 4.69) is 41.5 Å². The lowest BCUT2D eigenvalue weighted by Crippen LogP contribution is -2.30. The summed E-state index contributed by atoms with van der Waals surface area (Å²) in [6.45, 7) is 9.63. The van der Waals surface area contributed by atoms with Gasteiger partial charge in [0.25, 0.3) is 0 Å². The summed E-state index contributed by atoms with van der Waals surface area (Å²) in [4.78, 5) is 72.8. The highest BCUT2D eigenvalue weighted by molar-refractivity contribution is 7.47. The van der Waals surface area contributed by atoms with Gasteiger partial charge in [-0.25, -0.2) is 9.13 Å². The van der Waals surface area contributed by atoms with Crippen LogP contribution in [-0.4, -0.2) is 96.7 Å². The molecule has 3 unspecified atom stereocenters. The van der Waals surface area contributed by atoms with E-state index in [1.54, 1.807) is 0 Å². The largest absolute Gasteiger partial charge is 0.472 e. The number of hydrogen-bond donors (Lipinski definition) is 3. The van der Waals surface area contributed by atoms with Gasteiger partial charge in [0.2, 0.25) is 0 Å². The Balaban J connectivity index is 5.26. The van der Waals surface area contributed by atoms with Crippen molar-refractivity contribution in [2.24, 2.45) is 11.8 Å². The molecule has 0 saturated carbocycles. The van der Waals surface area contributed by atoms with Crippen molar-refractivity contribution in [3.8, 4) is 0 Å². The second-order valence-corrected chi connectivity index (χ2v) is 31.0. The van der Waals surface area contributed by atoms with Crippen LogP contribution in [0.15, 0.2) is 0 Å². The van der Waals surface area contributed by atoms with Crippen LogP contribution in [0, 0.1) is 11.8 Å². The summed E-state index contributed by atoms with van der Waals surface area (Å²) >= 11 is 0. The number of ether oxygens (including phenoxy) is 4. The third-order valence-corrected chi connectivity index (χ3v) is 20.0. The first-order valence-corrected chi connectivity index (χ1v) is 42.5. The minimum Gasteiger partial charge on any atom is -0.462 e. The number of esters is 4. The van der Waals surface area contributed by atoms with Crippen LogP contribution >= 0.6 is 15.6 Å². The van der Waals surface area contributed by atoms with Crippen molar-refractivity contribution in [3.63, 3.8) is 0 Å². The van der Waals surface area contributed by atoms with Crippen LogP contribution in [0.5, 0.6) is 0 Å². The minimum absolute atomic E-state index is 0.106. The Bertz CT molecular complexity index is 1840. The number of phosphoric acid groups is 2. The Morgan fingerprint density at radius 3 is 0.800 bits per heavy atom. The molecule has 0 bridgehead atoms. The fraction of sp³-hybridized carbons (Fsp3) is 0.947. The number of aliphatic hydroxyl groups excluding tert-OH is 1. The number of carbonyl (C=O) groups is 4. The average Bonchev–Trinajstić information content (AvgIpc) is 2.82. The molecule has 0 radical (unpaired) electrons. The smallest absolute Gasteiger partial charge is 0.462 e. The third-order valence-electron chi connectivity index (χ3n) is 18.1. The third kappa shape index (κ3) is 69.0. The second-order valence-electron chi connectivity index (χ2n) is 28.1. The lowest BCUT2D eigenvalue weighted by Gasteiger charge is -2.21. The zero-order chi connectivity index (χ0) is 70.0. The van der Waals surface area contributed by atoms with Crippen LogP contribution in [0.1, 0.15) is 395 Å². The molecule has 0 aromatic carbocycles. The van der Waals surface area contributed by atoms with E-state index in [0.29, 0.717) is 25.7 Å². The monoisotopic (exact) mass is 1400 g/mol. The molecule has 17 nitrogen and oxygen atoms in total. The van der Waals surface area contributed by atoms with Crippen molar-refractivity contribution in [2.45, 2.75) is 413 Å². The first kappa shape index (κ1) is 93.1. The maximum Gasteiger partial charge on any atom is 0.472 e. The first-order valence-electron chi connectivity index (χ1n) is 39.5. The Kier molecular flexibility index (Phi) is 66.5. The highest BCUT2D eigenvalue weighted by Crippen LogP contribution is 2.45. The van der Waals surface area contributed by atoms with Gasteiger partial charge in [-0.2, -0.15) is 0 Å². The Labute approximate surface area is 581 Å². The van der Waals surface area contributed by atoms with Crippen molar-refractivity contribution < 1.29 is 80.2 Å². The molecule has 0 amide bonds. The van der Waals surface area contributed by atoms with Gasteiger partial charge < -0.3 is 33.8 Å². The molecule has 564 valence electrons. The molecule has 0 aliphatic heterocycles. The molecule has 0 saturated heterocycles. The molecule has 0 aromatic rings. The molecule has 95 heavy (non-hydrogen) atoms. The molecular weight excluding hydrogens is 1250 g/mol. The fourth-order valence-corrected chi connectivity index (χ4v) is 13.2. The normalized spacial score (nSPS) is 14.3. The van der Waals surface area contributed by atoms with Gasteiger partial charge in [-0.15, -0.1) is 0 Å². The van der Waals surface area contributed by atoms with Crippen LogP contribution in [0.4, 0.5) is 0 Å². The molecule has 3 N–H and O–H groups in total. The van der Waals surface area contributed by atoms with E-state index >= 15 is 0 Å². The van der Waals surface area contributed by atoms with Crippen molar-refractivity contribution in [1.29, 1.82) is 0 Å². The summed E-state index contributed by atoms with van der Waals surface area (Å²) in [5, 5.41) is 10.6. The predicted octanol–water partition coefficient (Wildman–Crippen LogP) is 22.3. The van der Waals surface area contributed by atoms with Gasteiger partial charge in [-0.3, -0.25) is 37.3 Å². The number of unbranched alkanes of at least 4 members (excludes halogenated alkanes) is 44. The molecule has 0 aliphatic carbocycles. The lowest BCUT2D eigenvalue weighted by atomic mass is 9.99. The lowest BCUT2D eigenvalue weighted by molar-refractivity contribution is -0.161. The Morgan fingerprint density at radius 1 is 0.305 bits per heavy atom. The first-order chi connectivity index (χ1) is 45.9. The Hall–Kier alpha value is -1.94. The summed E-state index contributed by atoms with van der Waals surface area (Å²) in [6.07, 6.45) is 55.3. The van der Waals surface area contributed by atoms with E-state index in [1.807, 2.05) is 0 Å². The van der Waals surface area contributed by atoms with Gasteiger partial charge in [0.1, 0.15) is 19.3 Å². The van der Waals surface area contributed by atoms with E-state index in [1.165, 1.54) is 212 Å². The van der Waals surface area contributed by atoms with E-state index in [4.69, 9.17) is 37.0 Å². The van der Waals surface area contributed by atoms with Gasteiger partial charge in [0.05, 0.1) is 26.4 Å². The molecule has 0 spiro atoms. The van der Waals surface area contributed by atoms with Crippen molar-refractivity contribution in [2.75, 3.05) is 39.6 Å². The maximum absolute atomic E-state index is 13.1. The van der Waals surface area contributed by atoms with Crippen LogP contribution in [0.3, 0.4) is 0 Å². The SMILES string of the molecule is CCCCCCCCCCCCCCCCCCC(=O)O[C@H](COC(=O)CCCCCCCCCCCCCCC(C)C)COP(=O)(O)OC[C@@H](O)COP(=O)(O)OC[C@@H](COC(=O)CCCCCCCCCCCC)OC(=O)CCCCCCCCCCCCC(C)CC. The van der Waals surface area contributed by atoms with Gasteiger partial charge in [-0.1, -0.05) is 343 Å². The average molecular weight is 1400 g/mol. The quantitative estimate of drug-likeness (QED) is 0.0222. The van der Waals surface area contributed by atoms with Gasteiger partial charge in [0, 0.05) is 25.7 Å². The van der Waals surface area contributed by atoms with Crippen LogP contribution < -0.4 is 0 Å². The predicted molar refractivity (Wildman–Crippen MR) is 386 cm³/mol. The number of phosphoric ester groups is 2. The number of rotatable bonds is 75. The van der Waals surface area contributed by atoms with Gasteiger partial charge >= 0.3 is 39.5 Å². The van der Waals surface area contributed by atoms with Crippen molar-refractivity contribution >= 4 is 39.5 Å². The van der Waals surface area contributed by atoms with E-state index in [9.17, 15) is 43.2 Å². The highest BCUT2D eigenvalue weighted by Gasteiger charge is 2.30. The minimum atomic E-state index is -4.96. The zero-order valence-electron chi connectivity index (χ0n) is 62.0. The van der Waals surface area contributed by atoms with E-state index < -0.39 is 97.5 Å². The summed E-state index contributed by atoms with van der Waals surface area (Å²) in [5.74, 6) is -0.529. The van der Waals surface area contributed by atoms with Crippen LogP contribution in [-0.2, 0) is 65.4 Å². The van der Waals surface area contributed by atoms with Gasteiger partial charge in [0.15, 0.2) is 12.2 Å². The summed E-state index contributed by atoms with van der Waals surface area (Å²) in [7, 11) is -9.91. The molecular formula is C76H148O17P2. The maximum atomic E-state index is 13.1. The molecule has 19 heteroatoms. The summed E-state index contributed by atoms with van der Waals surface area (Å²) in [5.41, 5.74) is 0. The summed E-state index contributed by atoms with van der Waals surface area (Å²) in [6, 6.07) is 0. The Morgan fingerprint density at radius 2 is 0.537 bits per heavy atom. The van der Waals surface area contributed by atoms with Gasteiger partial charge in [-0.05, 0) is 37.5 Å². The second kappa shape index (κ2) is 67.9. The molecule has 0 fully saturated rings. The molecule has 0 rings (SSSR count). The van der Waals surface area contributed by atoms with Crippen LogP contribution in [0.2, 0.25) is 0 Å². The highest BCUT2D eigenvalue weighted by atomic mass is 31.2. The van der Waals surface area contributed by atoms with E-state index in [0.717, 1.165) is 102 Å². The number of hydrogen-bond acceptors (Lipinski definition) is 15. The van der Waals surface area contributed by atoms with Crippen molar-refractivity contribution in [3.05, 3.63) is 0 Å². The fourth-order valence-electron chi connectivity index (χ4n) is 11.6. The van der Waals surface area contributed by atoms with Crippen LogP contribution in [0.25, 0.3) is 0 Å². The van der Waals surface area contributed by atoms with Crippen molar-refractivity contribution in [1.82, 2.24) is 0 Å². The standard InChI is InChI=1S/C76H148O17P2/c1-7-10-12-14-16-18-20-21-22-23-24-29-36-42-48-54-60-75(80)92-72(65-87-74(79)59-53-47-41-35-28-26-25-27-32-38-44-50-56-68(4)5)67-91-95(84,85)89-63-70(77)62-88-94(82,83)90-66-71(64-86-73(78)58-52-46-40-34-19-17-15-13-11-8-2)93-76(81)61-55-49-43-37-31-30-33-39-45-51-57-69(6)9-3/h68-72,77H,7-67H2,1-6H3,(H,82,83)(H,84,85)/t69?,70-,71+,72+/m0/s1. The van der Waals surface area contributed by atoms with E-state index in [-0.39, 0.29) is 25.7 Å². The zero-order valence-corrected chi connectivity index (χ0v) is 63.8. The molecule has 0 aliphatic rings. The summed E-state index contributed by atoms with van der Waals surface area (Å²) < 4.78 is 68.5. The molecule has 6 atom stereocenters.